The van der Waals surface area contributed by atoms with Gasteiger partial charge >= 0.3 is 0 Å². The van der Waals surface area contributed by atoms with E-state index in [0.29, 0.717) is 34.5 Å². The smallest absolute Gasteiger partial charge is 0.263 e. The van der Waals surface area contributed by atoms with Gasteiger partial charge in [0.2, 0.25) is 11.7 Å². The Morgan fingerprint density at radius 1 is 1.12 bits per heavy atom. The van der Waals surface area contributed by atoms with Crippen LogP contribution >= 0.6 is 11.6 Å². The van der Waals surface area contributed by atoms with Crippen LogP contribution in [0.15, 0.2) is 76.2 Å². The average Bonchev–Trinajstić information content (AvgIpc) is 3.27. The van der Waals surface area contributed by atoms with Crippen LogP contribution in [0.3, 0.4) is 0 Å². The van der Waals surface area contributed by atoms with Crippen LogP contribution in [-0.4, -0.2) is 27.2 Å². The van der Waals surface area contributed by atoms with Crippen LogP contribution in [0.5, 0.6) is 5.75 Å². The van der Waals surface area contributed by atoms with Crippen molar-refractivity contribution in [1.82, 2.24) is 14.7 Å². The summed E-state index contributed by atoms with van der Waals surface area (Å²) in [5, 5.41) is 7.28. The standard InChI is InChI=1S/C23H19ClN4O4/c1-2-31-18-11-9-17(10-12-18)25-20(29)14-28-13-3-4-19(23(28)30)22-26-21(27-32-22)15-5-7-16(24)8-6-15/h3-13H,2,14H2,1H3,(H,25,29). The lowest BCUT2D eigenvalue weighted by molar-refractivity contribution is -0.116. The number of hydrogen-bond acceptors (Lipinski definition) is 6. The fourth-order valence-corrected chi connectivity index (χ4v) is 3.16. The summed E-state index contributed by atoms with van der Waals surface area (Å²) in [6.07, 6.45) is 1.53. The minimum Gasteiger partial charge on any atom is -0.494 e. The molecular weight excluding hydrogens is 432 g/mol. The van der Waals surface area contributed by atoms with Gasteiger partial charge in [0.25, 0.3) is 11.4 Å². The maximum absolute atomic E-state index is 12.9. The van der Waals surface area contributed by atoms with E-state index in [4.69, 9.17) is 20.9 Å². The zero-order valence-electron chi connectivity index (χ0n) is 17.1. The van der Waals surface area contributed by atoms with Gasteiger partial charge in [-0.2, -0.15) is 4.98 Å². The van der Waals surface area contributed by atoms with E-state index in [9.17, 15) is 9.59 Å². The highest BCUT2D eigenvalue weighted by Crippen LogP contribution is 2.22. The molecule has 1 N–H and O–H groups in total. The fourth-order valence-electron chi connectivity index (χ4n) is 3.03. The molecule has 0 saturated carbocycles. The molecule has 2 aromatic carbocycles. The Balaban J connectivity index is 1.49. The van der Waals surface area contributed by atoms with Gasteiger partial charge < -0.3 is 19.1 Å². The topological polar surface area (TPSA) is 99.2 Å². The van der Waals surface area contributed by atoms with Crippen LogP contribution in [-0.2, 0) is 11.3 Å². The van der Waals surface area contributed by atoms with Gasteiger partial charge in [-0.05, 0) is 67.6 Å². The molecule has 9 heteroatoms. The summed E-state index contributed by atoms with van der Waals surface area (Å²) in [4.78, 5) is 29.6. The number of carbonyl (C=O) groups excluding carboxylic acids is 1. The van der Waals surface area contributed by atoms with Crippen LogP contribution in [0, 0.1) is 0 Å². The summed E-state index contributed by atoms with van der Waals surface area (Å²) >= 11 is 5.90. The van der Waals surface area contributed by atoms with Crippen molar-refractivity contribution in [3.05, 3.63) is 82.2 Å². The summed E-state index contributed by atoms with van der Waals surface area (Å²) < 4.78 is 11.9. The van der Waals surface area contributed by atoms with Crippen LogP contribution in [0.25, 0.3) is 22.8 Å². The second-order valence-corrected chi connectivity index (χ2v) is 7.23. The molecule has 2 aromatic heterocycles. The number of halogens is 1. The summed E-state index contributed by atoms with van der Waals surface area (Å²) in [6.45, 7) is 2.29. The SMILES string of the molecule is CCOc1ccc(NC(=O)Cn2cccc(-c3nc(-c4ccc(Cl)cc4)no3)c2=O)cc1. The Hall–Kier alpha value is -3.91. The molecule has 162 valence electrons. The number of amides is 1. The molecule has 0 radical (unpaired) electrons. The molecule has 1 amide bonds. The van der Waals surface area contributed by atoms with Gasteiger partial charge in [0.15, 0.2) is 0 Å². The minimum absolute atomic E-state index is 0.0706. The molecule has 0 aliphatic carbocycles. The zero-order chi connectivity index (χ0) is 22.5. The molecule has 0 saturated heterocycles. The average molecular weight is 451 g/mol. The van der Waals surface area contributed by atoms with Crippen molar-refractivity contribution in [2.24, 2.45) is 0 Å². The number of carbonyl (C=O) groups is 1. The highest BCUT2D eigenvalue weighted by atomic mass is 35.5. The third-order valence-electron chi connectivity index (χ3n) is 4.54. The number of aromatic nitrogens is 3. The lowest BCUT2D eigenvalue weighted by atomic mass is 10.2. The first-order chi connectivity index (χ1) is 15.5. The molecule has 0 atom stereocenters. The Labute approximate surface area is 188 Å². The fraction of sp³-hybridized carbons (Fsp3) is 0.130. The van der Waals surface area contributed by atoms with Gasteiger partial charge in [-0.1, -0.05) is 16.8 Å². The van der Waals surface area contributed by atoms with Gasteiger partial charge in [0.05, 0.1) is 6.61 Å². The molecule has 4 aromatic rings. The maximum atomic E-state index is 12.9. The quantitative estimate of drug-likeness (QED) is 0.451. The van der Waals surface area contributed by atoms with Gasteiger partial charge in [-0.25, -0.2) is 0 Å². The van der Waals surface area contributed by atoms with Crippen LogP contribution in [0.2, 0.25) is 5.02 Å². The van der Waals surface area contributed by atoms with Crippen molar-refractivity contribution in [2.45, 2.75) is 13.5 Å². The van der Waals surface area contributed by atoms with Gasteiger partial charge in [0.1, 0.15) is 17.9 Å². The zero-order valence-corrected chi connectivity index (χ0v) is 17.9. The van der Waals surface area contributed by atoms with Crippen molar-refractivity contribution in [3.63, 3.8) is 0 Å². The molecule has 0 aliphatic rings. The lowest BCUT2D eigenvalue weighted by Gasteiger charge is -2.09. The number of ether oxygens (including phenoxy) is 1. The van der Waals surface area contributed by atoms with E-state index in [1.54, 1.807) is 60.7 Å². The van der Waals surface area contributed by atoms with Crippen molar-refractivity contribution >= 4 is 23.2 Å². The molecule has 0 fully saturated rings. The Morgan fingerprint density at radius 2 is 1.88 bits per heavy atom. The lowest BCUT2D eigenvalue weighted by Crippen LogP contribution is -2.28. The molecule has 0 bridgehead atoms. The van der Waals surface area contributed by atoms with Gasteiger partial charge in [-0.3, -0.25) is 9.59 Å². The number of hydrogen-bond donors (Lipinski definition) is 1. The highest BCUT2D eigenvalue weighted by molar-refractivity contribution is 6.30. The van der Waals surface area contributed by atoms with E-state index < -0.39 is 5.56 Å². The molecule has 8 nitrogen and oxygen atoms in total. The van der Waals surface area contributed by atoms with Gasteiger partial charge in [0, 0.05) is 22.5 Å². The largest absolute Gasteiger partial charge is 0.494 e. The molecule has 2 heterocycles. The number of rotatable bonds is 7. The molecular formula is C23H19ClN4O4. The second kappa shape index (κ2) is 9.49. The third-order valence-corrected chi connectivity index (χ3v) is 4.79. The molecule has 32 heavy (non-hydrogen) atoms. The van der Waals surface area contributed by atoms with Crippen LogP contribution in [0.4, 0.5) is 5.69 Å². The Kier molecular flexibility index (Phi) is 6.32. The first-order valence-corrected chi connectivity index (χ1v) is 10.2. The molecule has 4 rings (SSSR count). The summed E-state index contributed by atoms with van der Waals surface area (Å²) in [6, 6.07) is 17.2. The third kappa shape index (κ3) is 4.87. The monoisotopic (exact) mass is 450 g/mol. The number of anilines is 1. The summed E-state index contributed by atoms with van der Waals surface area (Å²) in [7, 11) is 0. The van der Waals surface area contributed by atoms with Crippen molar-refractivity contribution in [2.75, 3.05) is 11.9 Å². The van der Waals surface area contributed by atoms with Crippen molar-refractivity contribution < 1.29 is 14.1 Å². The summed E-state index contributed by atoms with van der Waals surface area (Å²) in [5.41, 5.74) is 1.09. The Morgan fingerprint density at radius 3 is 2.59 bits per heavy atom. The van der Waals surface area contributed by atoms with E-state index in [-0.39, 0.29) is 23.9 Å². The van der Waals surface area contributed by atoms with Crippen LogP contribution < -0.4 is 15.6 Å². The van der Waals surface area contributed by atoms with E-state index in [1.165, 1.54) is 10.8 Å². The minimum atomic E-state index is -0.416. The molecule has 0 spiro atoms. The first kappa shape index (κ1) is 21.3. The van der Waals surface area contributed by atoms with Crippen molar-refractivity contribution in [1.29, 1.82) is 0 Å². The summed E-state index contributed by atoms with van der Waals surface area (Å²) in [5.74, 6) is 0.772. The predicted octanol–water partition coefficient (Wildman–Crippen LogP) is 4.26. The number of nitrogens with one attached hydrogen (secondary N) is 1. The maximum Gasteiger partial charge on any atom is 0.263 e. The van der Waals surface area contributed by atoms with Crippen LogP contribution in [0.1, 0.15) is 6.92 Å². The Bertz CT molecular complexity index is 1280. The first-order valence-electron chi connectivity index (χ1n) is 9.85. The normalized spacial score (nSPS) is 10.7. The molecule has 0 unspecified atom stereocenters. The van der Waals surface area contributed by atoms with E-state index in [0.717, 1.165) is 0 Å². The predicted molar refractivity (Wildman–Crippen MR) is 121 cm³/mol. The second-order valence-electron chi connectivity index (χ2n) is 6.79. The number of nitrogens with zero attached hydrogens (tertiary/aromatic N) is 3. The van der Waals surface area contributed by atoms with E-state index in [2.05, 4.69) is 15.5 Å². The van der Waals surface area contributed by atoms with E-state index >= 15 is 0 Å². The molecule has 0 aliphatic heterocycles. The van der Waals surface area contributed by atoms with Gasteiger partial charge in [-0.15, -0.1) is 0 Å². The van der Waals surface area contributed by atoms with E-state index in [1.807, 2.05) is 6.92 Å². The number of benzene rings is 2. The highest BCUT2D eigenvalue weighted by Gasteiger charge is 2.16. The number of pyridine rings is 1. The van der Waals surface area contributed by atoms with Crippen molar-refractivity contribution in [3.8, 4) is 28.6 Å².